The van der Waals surface area contributed by atoms with Gasteiger partial charge in [0.05, 0.1) is 0 Å². The Morgan fingerprint density at radius 1 is 1.12 bits per heavy atom. The first-order chi connectivity index (χ1) is 8.00. The SMILES string of the molecule is O=C(O)C(F)(F)Oc1cccc2ccccc12. The van der Waals surface area contributed by atoms with Crippen LogP contribution < -0.4 is 4.74 Å². The zero-order chi connectivity index (χ0) is 12.5. The highest BCUT2D eigenvalue weighted by Gasteiger charge is 2.42. The minimum atomic E-state index is -4.23. The second-order valence-electron chi connectivity index (χ2n) is 3.40. The van der Waals surface area contributed by atoms with E-state index in [2.05, 4.69) is 4.74 Å². The van der Waals surface area contributed by atoms with Crippen molar-refractivity contribution >= 4 is 16.7 Å². The van der Waals surface area contributed by atoms with E-state index < -0.39 is 12.1 Å². The number of fused-ring (bicyclic) bond motifs is 1. The summed E-state index contributed by atoms with van der Waals surface area (Å²) in [6, 6.07) is 11.3. The molecule has 17 heavy (non-hydrogen) atoms. The Labute approximate surface area is 95.2 Å². The van der Waals surface area contributed by atoms with Crippen LogP contribution in [0.5, 0.6) is 5.75 Å². The van der Waals surface area contributed by atoms with Gasteiger partial charge >= 0.3 is 12.1 Å². The predicted octanol–water partition coefficient (Wildman–Crippen LogP) is 2.90. The molecule has 0 fully saturated rings. The number of ether oxygens (including phenoxy) is 1. The number of carbonyl (C=O) groups is 1. The minimum absolute atomic E-state index is 0.157. The average molecular weight is 238 g/mol. The van der Waals surface area contributed by atoms with E-state index >= 15 is 0 Å². The molecule has 0 radical (unpaired) electrons. The van der Waals surface area contributed by atoms with Crippen LogP contribution in [0.25, 0.3) is 10.8 Å². The normalized spacial score (nSPS) is 11.4. The topological polar surface area (TPSA) is 46.5 Å². The average Bonchev–Trinajstić information content (AvgIpc) is 2.29. The van der Waals surface area contributed by atoms with E-state index in [0.29, 0.717) is 10.8 Å². The maximum absolute atomic E-state index is 12.9. The number of carboxylic acid groups (broad SMARTS) is 1. The van der Waals surface area contributed by atoms with Gasteiger partial charge in [-0.25, -0.2) is 4.79 Å². The molecular formula is C12H8F2O3. The lowest BCUT2D eigenvalue weighted by Gasteiger charge is -2.14. The second-order valence-corrected chi connectivity index (χ2v) is 3.40. The summed E-state index contributed by atoms with van der Waals surface area (Å²) in [5, 5.41) is 9.44. The van der Waals surface area contributed by atoms with Gasteiger partial charge in [-0.05, 0) is 11.5 Å². The van der Waals surface area contributed by atoms with Gasteiger partial charge in [0.15, 0.2) is 0 Å². The van der Waals surface area contributed by atoms with Crippen molar-refractivity contribution in [1.29, 1.82) is 0 Å². The maximum Gasteiger partial charge on any atom is 0.501 e. The third-order valence-electron chi connectivity index (χ3n) is 2.24. The number of alkyl halides is 2. The van der Waals surface area contributed by atoms with E-state index in [4.69, 9.17) is 5.11 Å². The fraction of sp³-hybridized carbons (Fsp3) is 0.0833. The Balaban J connectivity index is 2.46. The molecule has 0 amide bonds. The molecule has 2 aromatic rings. The molecule has 1 N–H and O–H groups in total. The first kappa shape index (κ1) is 11.3. The molecule has 0 heterocycles. The van der Waals surface area contributed by atoms with Gasteiger partial charge in [0, 0.05) is 5.39 Å². The number of rotatable bonds is 3. The van der Waals surface area contributed by atoms with E-state index in [-0.39, 0.29) is 5.75 Å². The zero-order valence-corrected chi connectivity index (χ0v) is 8.56. The van der Waals surface area contributed by atoms with Gasteiger partial charge in [-0.15, -0.1) is 0 Å². The van der Waals surface area contributed by atoms with E-state index in [9.17, 15) is 13.6 Å². The standard InChI is InChI=1S/C12H8F2O3/c13-12(14,11(15)16)17-10-7-3-5-8-4-1-2-6-9(8)10/h1-7H,(H,15,16). The third kappa shape index (κ3) is 2.18. The third-order valence-corrected chi connectivity index (χ3v) is 2.24. The molecule has 3 nitrogen and oxygen atoms in total. The monoisotopic (exact) mass is 238 g/mol. The second kappa shape index (κ2) is 4.01. The Kier molecular flexibility index (Phi) is 2.67. The van der Waals surface area contributed by atoms with E-state index in [1.165, 1.54) is 12.1 Å². The van der Waals surface area contributed by atoms with Crippen LogP contribution in [0.3, 0.4) is 0 Å². The van der Waals surface area contributed by atoms with Crippen molar-refractivity contribution in [3.05, 3.63) is 42.5 Å². The van der Waals surface area contributed by atoms with Crippen molar-refractivity contribution in [2.45, 2.75) is 6.11 Å². The lowest BCUT2D eigenvalue weighted by Crippen LogP contribution is -2.34. The lowest BCUT2D eigenvalue weighted by atomic mass is 10.1. The summed E-state index contributed by atoms with van der Waals surface area (Å²) < 4.78 is 30.1. The van der Waals surface area contributed by atoms with E-state index in [1.54, 1.807) is 30.3 Å². The van der Waals surface area contributed by atoms with Gasteiger partial charge < -0.3 is 9.84 Å². The van der Waals surface area contributed by atoms with Crippen molar-refractivity contribution in [3.63, 3.8) is 0 Å². The molecule has 0 aliphatic heterocycles. The number of hydrogen-bond donors (Lipinski definition) is 1. The van der Waals surface area contributed by atoms with Gasteiger partial charge in [-0.3, -0.25) is 0 Å². The highest BCUT2D eigenvalue weighted by molar-refractivity contribution is 5.88. The Morgan fingerprint density at radius 2 is 1.76 bits per heavy atom. The molecule has 2 rings (SSSR count). The summed E-state index contributed by atoms with van der Waals surface area (Å²) in [5.74, 6) is -2.47. The molecule has 0 saturated carbocycles. The Morgan fingerprint density at radius 3 is 2.47 bits per heavy atom. The minimum Gasteiger partial charge on any atom is -0.474 e. The highest BCUT2D eigenvalue weighted by atomic mass is 19.3. The Bertz CT molecular complexity index is 561. The van der Waals surface area contributed by atoms with Crippen LogP contribution in [-0.2, 0) is 4.79 Å². The highest BCUT2D eigenvalue weighted by Crippen LogP contribution is 2.29. The lowest BCUT2D eigenvalue weighted by molar-refractivity contribution is -0.210. The van der Waals surface area contributed by atoms with Crippen molar-refractivity contribution in [2.75, 3.05) is 0 Å². The van der Waals surface area contributed by atoms with Crippen molar-refractivity contribution in [1.82, 2.24) is 0 Å². The number of aliphatic carboxylic acids is 1. The van der Waals surface area contributed by atoms with Crippen LogP contribution in [0.15, 0.2) is 42.5 Å². The Hall–Kier alpha value is -2.17. The van der Waals surface area contributed by atoms with Crippen molar-refractivity contribution in [2.24, 2.45) is 0 Å². The molecule has 0 aliphatic rings. The smallest absolute Gasteiger partial charge is 0.474 e. The summed E-state index contributed by atoms with van der Waals surface area (Å²) in [5.41, 5.74) is 0. The van der Waals surface area contributed by atoms with Gasteiger partial charge in [0.25, 0.3) is 0 Å². The summed E-state index contributed by atoms with van der Waals surface area (Å²) in [6.45, 7) is 0. The van der Waals surface area contributed by atoms with Crippen LogP contribution in [0.1, 0.15) is 0 Å². The van der Waals surface area contributed by atoms with Gasteiger partial charge in [-0.2, -0.15) is 8.78 Å². The molecule has 0 aliphatic carbocycles. The van der Waals surface area contributed by atoms with Gasteiger partial charge in [0.2, 0.25) is 0 Å². The van der Waals surface area contributed by atoms with Crippen LogP contribution in [0.4, 0.5) is 8.78 Å². The number of halogens is 2. The summed E-state index contributed by atoms with van der Waals surface area (Å²) in [7, 11) is 0. The summed E-state index contributed by atoms with van der Waals surface area (Å²) in [6.07, 6.45) is -4.23. The molecule has 88 valence electrons. The van der Waals surface area contributed by atoms with Crippen LogP contribution in [0.2, 0.25) is 0 Å². The largest absolute Gasteiger partial charge is 0.501 e. The number of carboxylic acids is 1. The molecule has 0 unspecified atom stereocenters. The molecule has 2 aromatic carbocycles. The fourth-order valence-corrected chi connectivity index (χ4v) is 1.47. The van der Waals surface area contributed by atoms with Crippen molar-refractivity contribution in [3.8, 4) is 5.75 Å². The first-order valence-corrected chi connectivity index (χ1v) is 4.79. The van der Waals surface area contributed by atoms with Crippen LogP contribution in [-0.4, -0.2) is 17.2 Å². The fourth-order valence-electron chi connectivity index (χ4n) is 1.47. The quantitative estimate of drug-likeness (QED) is 0.894. The zero-order valence-electron chi connectivity index (χ0n) is 8.56. The first-order valence-electron chi connectivity index (χ1n) is 4.79. The summed E-state index contributed by atoms with van der Waals surface area (Å²) >= 11 is 0. The van der Waals surface area contributed by atoms with E-state index in [0.717, 1.165) is 0 Å². The number of benzene rings is 2. The van der Waals surface area contributed by atoms with Gasteiger partial charge in [-0.1, -0.05) is 36.4 Å². The van der Waals surface area contributed by atoms with Crippen LogP contribution in [0, 0.1) is 0 Å². The molecule has 0 aromatic heterocycles. The molecule has 0 spiro atoms. The number of hydrogen-bond acceptors (Lipinski definition) is 2. The van der Waals surface area contributed by atoms with Crippen molar-refractivity contribution < 1.29 is 23.4 Å². The molecule has 0 atom stereocenters. The molecule has 0 saturated heterocycles. The summed E-state index contributed by atoms with van der Waals surface area (Å²) in [4.78, 5) is 10.3. The van der Waals surface area contributed by atoms with Crippen LogP contribution >= 0.6 is 0 Å². The molecule has 5 heteroatoms. The van der Waals surface area contributed by atoms with E-state index in [1.807, 2.05) is 0 Å². The van der Waals surface area contributed by atoms with Gasteiger partial charge in [0.1, 0.15) is 5.75 Å². The maximum atomic E-state index is 12.9. The molecule has 0 bridgehead atoms. The predicted molar refractivity (Wildman–Crippen MR) is 57.2 cm³/mol. The molecular weight excluding hydrogens is 230 g/mol.